The minimum Gasteiger partial charge on any atom is -0.481 e. The van der Waals surface area contributed by atoms with Crippen LogP contribution >= 0.6 is 11.3 Å². The molecular weight excluding hydrogens is 430 g/mol. The van der Waals surface area contributed by atoms with Crippen LogP contribution in [0.2, 0.25) is 0 Å². The molecule has 32 heavy (non-hydrogen) atoms. The number of ether oxygens (including phenoxy) is 2. The third kappa shape index (κ3) is 5.49. The van der Waals surface area contributed by atoms with Crippen LogP contribution in [0.15, 0.2) is 6.33 Å². The number of carboxylic acids is 1. The molecule has 0 spiro atoms. The quantitative estimate of drug-likeness (QED) is 0.675. The van der Waals surface area contributed by atoms with Gasteiger partial charge in [-0.15, -0.1) is 11.3 Å². The summed E-state index contributed by atoms with van der Waals surface area (Å²) in [6, 6.07) is 0.0841. The highest BCUT2D eigenvalue weighted by atomic mass is 32.1. The van der Waals surface area contributed by atoms with Crippen molar-refractivity contribution in [1.82, 2.24) is 15.3 Å². The maximum absolute atomic E-state index is 12.0. The van der Waals surface area contributed by atoms with Crippen molar-refractivity contribution in [3.63, 3.8) is 0 Å². The van der Waals surface area contributed by atoms with E-state index in [0.717, 1.165) is 55.2 Å². The number of amides is 1. The minimum atomic E-state index is -0.748. The Bertz CT molecular complexity index is 991. The second kappa shape index (κ2) is 9.21. The van der Waals surface area contributed by atoms with E-state index in [1.165, 1.54) is 10.4 Å². The maximum atomic E-state index is 12.0. The predicted molar refractivity (Wildman–Crippen MR) is 121 cm³/mol. The van der Waals surface area contributed by atoms with E-state index in [2.05, 4.69) is 15.3 Å². The van der Waals surface area contributed by atoms with Gasteiger partial charge >= 0.3 is 12.1 Å². The average molecular weight is 462 g/mol. The van der Waals surface area contributed by atoms with E-state index in [0.29, 0.717) is 5.88 Å². The Morgan fingerprint density at radius 2 is 1.94 bits per heavy atom. The molecule has 0 radical (unpaired) electrons. The number of nitrogens with zero attached hydrogens (tertiary/aromatic N) is 2. The molecule has 1 fully saturated rings. The van der Waals surface area contributed by atoms with Crippen molar-refractivity contribution < 1.29 is 24.2 Å². The normalized spacial score (nSPS) is 23.4. The van der Waals surface area contributed by atoms with Gasteiger partial charge in [0.1, 0.15) is 22.9 Å². The van der Waals surface area contributed by atoms with Crippen molar-refractivity contribution in [2.75, 3.05) is 0 Å². The highest BCUT2D eigenvalue weighted by molar-refractivity contribution is 7.18. The molecule has 1 saturated carbocycles. The maximum Gasteiger partial charge on any atom is 0.407 e. The van der Waals surface area contributed by atoms with Gasteiger partial charge in [0.05, 0.1) is 5.39 Å². The third-order valence-corrected chi connectivity index (χ3v) is 7.24. The number of rotatable bonds is 5. The van der Waals surface area contributed by atoms with Crippen LogP contribution in [0.5, 0.6) is 5.88 Å². The van der Waals surface area contributed by atoms with E-state index in [9.17, 15) is 14.7 Å². The summed E-state index contributed by atoms with van der Waals surface area (Å²) in [6.07, 6.45) is 7.18. The standard InChI is InChI=1S/C23H31N3O5S/c1-23(2,3)31-22(29)26-14-5-7-15(8-6-14)30-20-19-16-10-13(11-18(27)28)4-9-17(16)32-21(19)25-12-24-20/h12-15H,4-11H2,1-3H3,(H,26,29)(H,27,28)/t13-,14-,15-/m0/s1. The van der Waals surface area contributed by atoms with Gasteiger partial charge in [0.15, 0.2) is 0 Å². The van der Waals surface area contributed by atoms with Gasteiger partial charge in [-0.2, -0.15) is 0 Å². The van der Waals surface area contributed by atoms with Crippen molar-refractivity contribution in [3.8, 4) is 5.88 Å². The van der Waals surface area contributed by atoms with Crippen molar-refractivity contribution in [3.05, 3.63) is 16.8 Å². The fourth-order valence-electron chi connectivity index (χ4n) is 4.62. The number of thiophene rings is 1. The molecule has 1 atom stereocenters. The fraction of sp³-hybridized carbons (Fsp3) is 0.652. The summed E-state index contributed by atoms with van der Waals surface area (Å²) in [5.41, 5.74) is 0.657. The lowest BCUT2D eigenvalue weighted by Crippen LogP contribution is -2.42. The Kier molecular flexibility index (Phi) is 6.55. The first-order chi connectivity index (χ1) is 15.2. The summed E-state index contributed by atoms with van der Waals surface area (Å²) in [5, 5.41) is 13.1. The number of carboxylic acid groups (broad SMARTS) is 1. The summed E-state index contributed by atoms with van der Waals surface area (Å²) >= 11 is 1.67. The SMILES string of the molecule is CC(C)(C)OC(=O)N[C@H]1CC[C@H](Oc2ncnc3sc4c(c23)C[C@@H](CC(=O)O)CC4)CC1. The lowest BCUT2D eigenvalue weighted by molar-refractivity contribution is -0.138. The molecule has 2 aromatic heterocycles. The summed E-state index contributed by atoms with van der Waals surface area (Å²) < 4.78 is 11.7. The Labute approximate surface area is 191 Å². The van der Waals surface area contributed by atoms with Crippen molar-refractivity contribution in [2.24, 2.45) is 5.92 Å². The molecule has 0 unspecified atom stereocenters. The van der Waals surface area contributed by atoms with Crippen LogP contribution in [0.1, 0.15) is 69.7 Å². The number of aliphatic carboxylic acids is 1. The number of carbonyl (C=O) groups excluding carboxylic acids is 1. The zero-order chi connectivity index (χ0) is 22.9. The Morgan fingerprint density at radius 1 is 1.19 bits per heavy atom. The van der Waals surface area contributed by atoms with E-state index in [4.69, 9.17) is 9.47 Å². The lowest BCUT2D eigenvalue weighted by atomic mass is 9.85. The van der Waals surface area contributed by atoms with Crippen LogP contribution in [0.25, 0.3) is 10.2 Å². The summed E-state index contributed by atoms with van der Waals surface area (Å²) in [5.74, 6) is -0.00490. The van der Waals surface area contributed by atoms with Gasteiger partial charge in [-0.1, -0.05) is 0 Å². The molecule has 0 bridgehead atoms. The van der Waals surface area contributed by atoms with Crippen LogP contribution in [-0.2, 0) is 22.4 Å². The first-order valence-electron chi connectivity index (χ1n) is 11.3. The van der Waals surface area contributed by atoms with E-state index in [1.807, 2.05) is 20.8 Å². The lowest BCUT2D eigenvalue weighted by Gasteiger charge is -2.30. The number of fused-ring (bicyclic) bond motifs is 3. The summed E-state index contributed by atoms with van der Waals surface area (Å²) in [6.45, 7) is 5.56. The molecule has 0 aromatic carbocycles. The van der Waals surface area contributed by atoms with E-state index in [1.54, 1.807) is 17.7 Å². The van der Waals surface area contributed by atoms with E-state index in [-0.39, 0.29) is 30.6 Å². The second-order valence-electron chi connectivity index (χ2n) is 9.81. The van der Waals surface area contributed by atoms with Gasteiger partial charge in [-0.05, 0) is 77.2 Å². The first kappa shape index (κ1) is 22.8. The summed E-state index contributed by atoms with van der Waals surface area (Å²) in [4.78, 5) is 34.3. The first-order valence-corrected chi connectivity index (χ1v) is 12.1. The fourth-order valence-corrected chi connectivity index (χ4v) is 5.79. The molecule has 2 aromatic rings. The highest BCUT2D eigenvalue weighted by Crippen LogP contribution is 2.41. The number of nitrogens with one attached hydrogen (secondary N) is 1. The number of aromatic nitrogens is 2. The Balaban J connectivity index is 1.41. The zero-order valence-electron chi connectivity index (χ0n) is 18.8. The Morgan fingerprint density at radius 3 is 2.62 bits per heavy atom. The molecule has 8 nitrogen and oxygen atoms in total. The van der Waals surface area contributed by atoms with Crippen molar-refractivity contribution in [1.29, 1.82) is 0 Å². The largest absolute Gasteiger partial charge is 0.481 e. The van der Waals surface area contributed by atoms with Crippen LogP contribution in [0.4, 0.5) is 4.79 Å². The van der Waals surface area contributed by atoms with Gasteiger partial charge < -0.3 is 19.9 Å². The minimum absolute atomic E-state index is 0.0266. The van der Waals surface area contributed by atoms with Crippen LogP contribution in [0.3, 0.4) is 0 Å². The van der Waals surface area contributed by atoms with Crippen LogP contribution in [0, 0.1) is 5.92 Å². The van der Waals surface area contributed by atoms with Gasteiger partial charge in [-0.3, -0.25) is 4.79 Å². The summed E-state index contributed by atoms with van der Waals surface area (Å²) in [7, 11) is 0. The molecular formula is C23H31N3O5S. The average Bonchev–Trinajstić information content (AvgIpc) is 3.06. The number of alkyl carbamates (subject to hydrolysis) is 1. The van der Waals surface area contributed by atoms with E-state index < -0.39 is 11.6 Å². The molecule has 2 heterocycles. The van der Waals surface area contributed by atoms with Gasteiger partial charge in [0, 0.05) is 17.3 Å². The molecule has 2 N–H and O–H groups in total. The predicted octanol–water partition coefficient (Wildman–Crippen LogP) is 4.49. The van der Waals surface area contributed by atoms with Crippen molar-refractivity contribution >= 4 is 33.6 Å². The molecule has 4 rings (SSSR count). The molecule has 0 saturated heterocycles. The molecule has 174 valence electrons. The molecule has 0 aliphatic heterocycles. The molecule has 9 heteroatoms. The third-order valence-electron chi connectivity index (χ3n) is 6.05. The number of hydrogen-bond acceptors (Lipinski definition) is 7. The monoisotopic (exact) mass is 461 g/mol. The topological polar surface area (TPSA) is 111 Å². The number of aryl methyl sites for hydroxylation is 1. The van der Waals surface area contributed by atoms with Gasteiger partial charge in [0.2, 0.25) is 5.88 Å². The van der Waals surface area contributed by atoms with Gasteiger partial charge in [-0.25, -0.2) is 14.8 Å². The molecule has 1 amide bonds. The highest BCUT2D eigenvalue weighted by Gasteiger charge is 2.29. The molecule has 2 aliphatic rings. The molecule has 2 aliphatic carbocycles. The van der Waals surface area contributed by atoms with Crippen LogP contribution in [-0.4, -0.2) is 44.9 Å². The van der Waals surface area contributed by atoms with Crippen LogP contribution < -0.4 is 10.1 Å². The van der Waals surface area contributed by atoms with E-state index >= 15 is 0 Å². The zero-order valence-corrected chi connectivity index (χ0v) is 19.7. The number of carbonyl (C=O) groups is 2. The van der Waals surface area contributed by atoms with Gasteiger partial charge in [0.25, 0.3) is 0 Å². The number of hydrogen-bond donors (Lipinski definition) is 2. The Hall–Kier alpha value is -2.42. The smallest absolute Gasteiger partial charge is 0.407 e. The van der Waals surface area contributed by atoms with Crippen molar-refractivity contribution in [2.45, 2.75) is 89.9 Å². The second-order valence-corrected chi connectivity index (χ2v) is 10.9.